The molecule has 0 nitrogen and oxygen atoms in total. The molecule has 3 aliphatic rings. The minimum Gasteiger partial charge on any atom is -0.0776 e. The van der Waals surface area contributed by atoms with E-state index in [0.29, 0.717) is 5.41 Å². The van der Waals surface area contributed by atoms with Crippen molar-refractivity contribution in [3.05, 3.63) is 64.8 Å². The minimum atomic E-state index is 0. The summed E-state index contributed by atoms with van der Waals surface area (Å²) in [6.45, 7) is 16.1. The highest BCUT2D eigenvalue weighted by Crippen LogP contribution is 2.46. The molecule has 2 unspecified atom stereocenters. The predicted octanol–water partition coefficient (Wildman–Crippen LogP) is 10.6. The molecule has 0 aliphatic heterocycles. The van der Waals surface area contributed by atoms with Gasteiger partial charge in [0.1, 0.15) is 0 Å². The number of hydrogen-bond acceptors (Lipinski definition) is 0. The summed E-state index contributed by atoms with van der Waals surface area (Å²) in [5.41, 5.74) is 8.16. The Bertz CT molecular complexity index is 858. The lowest BCUT2D eigenvalue weighted by Gasteiger charge is -2.42. The van der Waals surface area contributed by atoms with Gasteiger partial charge in [-0.3, -0.25) is 0 Å². The van der Waals surface area contributed by atoms with Gasteiger partial charge < -0.3 is 0 Å². The van der Waals surface area contributed by atoms with Gasteiger partial charge in [-0.25, -0.2) is 0 Å². The predicted molar refractivity (Wildman–Crippen MR) is 150 cm³/mol. The van der Waals surface area contributed by atoms with Gasteiger partial charge in [-0.1, -0.05) is 123 Å². The molecule has 3 aliphatic carbocycles. The average Bonchev–Trinajstić information content (AvgIpc) is 3.19. The van der Waals surface area contributed by atoms with E-state index >= 15 is 0 Å². The van der Waals surface area contributed by atoms with Crippen molar-refractivity contribution >= 4 is 5.57 Å². The molecule has 0 heterocycles. The summed E-state index contributed by atoms with van der Waals surface area (Å²) < 4.78 is 0. The lowest BCUT2D eigenvalue weighted by molar-refractivity contribution is 0.332. The smallest absolute Gasteiger partial charge is 0.0100 e. The fourth-order valence-corrected chi connectivity index (χ4v) is 6.08. The van der Waals surface area contributed by atoms with Gasteiger partial charge in [-0.05, 0) is 83.5 Å². The van der Waals surface area contributed by atoms with Crippen LogP contribution in [-0.2, 0) is 10.8 Å². The standard InChI is InChI=1S/C30H42.C2H6.CH4/c1-6-22-9-7-10-23(14-13-22)24-11-8-12-25(16-15-24)26-17-18-27-28(21-26)30(4,5)20-19-29(27,2)3;1-2;/h8,11-12,16-18,21-23H,6-7,9-10,13-15,19-20H2,1-5H3;1-2H3;1H4. The lowest BCUT2D eigenvalue weighted by Crippen LogP contribution is -2.33. The van der Waals surface area contributed by atoms with E-state index in [1.807, 2.05) is 13.8 Å². The van der Waals surface area contributed by atoms with Crippen LogP contribution in [0.2, 0.25) is 0 Å². The van der Waals surface area contributed by atoms with Crippen LogP contribution >= 0.6 is 0 Å². The van der Waals surface area contributed by atoms with Crippen LogP contribution in [0.1, 0.15) is 130 Å². The molecule has 0 radical (unpaired) electrons. The molecule has 0 heteroatoms. The highest BCUT2D eigenvalue weighted by molar-refractivity contribution is 5.76. The number of benzene rings is 1. The molecular formula is C33H52. The third-order valence-corrected chi connectivity index (χ3v) is 8.52. The fraction of sp³-hybridized carbons (Fsp3) is 0.636. The molecule has 0 saturated heterocycles. The first kappa shape index (κ1) is 27.7. The number of rotatable bonds is 3. The Morgan fingerprint density at radius 3 is 2.27 bits per heavy atom. The van der Waals surface area contributed by atoms with Crippen molar-refractivity contribution in [1.29, 1.82) is 0 Å². The van der Waals surface area contributed by atoms with Crippen LogP contribution < -0.4 is 0 Å². The Hall–Kier alpha value is -1.56. The van der Waals surface area contributed by atoms with E-state index in [9.17, 15) is 0 Å². The topological polar surface area (TPSA) is 0 Å². The van der Waals surface area contributed by atoms with Crippen LogP contribution in [0.15, 0.2) is 48.1 Å². The zero-order valence-electron chi connectivity index (χ0n) is 22.1. The Balaban J connectivity index is 0.00000125. The summed E-state index contributed by atoms with van der Waals surface area (Å²) >= 11 is 0. The van der Waals surface area contributed by atoms with Crippen molar-refractivity contribution in [2.45, 2.75) is 125 Å². The van der Waals surface area contributed by atoms with E-state index in [-0.39, 0.29) is 12.8 Å². The molecule has 1 saturated carbocycles. The van der Waals surface area contributed by atoms with Gasteiger partial charge >= 0.3 is 0 Å². The Morgan fingerprint density at radius 2 is 1.58 bits per heavy atom. The molecule has 1 fully saturated rings. The van der Waals surface area contributed by atoms with Gasteiger partial charge in [0.2, 0.25) is 0 Å². The third-order valence-electron chi connectivity index (χ3n) is 8.52. The highest BCUT2D eigenvalue weighted by Gasteiger charge is 2.37. The van der Waals surface area contributed by atoms with Gasteiger partial charge in [0.05, 0.1) is 0 Å². The summed E-state index contributed by atoms with van der Waals surface area (Å²) in [6.07, 6.45) is 21.7. The molecule has 0 amide bonds. The summed E-state index contributed by atoms with van der Waals surface area (Å²) in [6, 6.07) is 7.31. The Labute approximate surface area is 206 Å². The second-order valence-electron chi connectivity index (χ2n) is 11.5. The van der Waals surface area contributed by atoms with Crippen molar-refractivity contribution in [3.63, 3.8) is 0 Å². The summed E-state index contributed by atoms with van der Waals surface area (Å²) in [5, 5.41) is 0. The molecule has 184 valence electrons. The molecule has 0 N–H and O–H groups in total. The lowest BCUT2D eigenvalue weighted by atomic mass is 9.63. The van der Waals surface area contributed by atoms with E-state index in [1.54, 1.807) is 16.7 Å². The van der Waals surface area contributed by atoms with Crippen molar-refractivity contribution in [2.24, 2.45) is 11.8 Å². The molecule has 0 spiro atoms. The first-order valence-electron chi connectivity index (χ1n) is 13.5. The van der Waals surface area contributed by atoms with Gasteiger partial charge in [0.25, 0.3) is 0 Å². The van der Waals surface area contributed by atoms with E-state index in [0.717, 1.165) is 18.3 Å². The van der Waals surface area contributed by atoms with E-state index in [2.05, 4.69) is 77.1 Å². The van der Waals surface area contributed by atoms with E-state index < -0.39 is 0 Å². The van der Waals surface area contributed by atoms with E-state index in [1.165, 1.54) is 62.5 Å². The van der Waals surface area contributed by atoms with Crippen molar-refractivity contribution in [1.82, 2.24) is 0 Å². The van der Waals surface area contributed by atoms with Crippen molar-refractivity contribution < 1.29 is 0 Å². The van der Waals surface area contributed by atoms with Gasteiger partial charge in [0.15, 0.2) is 0 Å². The zero-order chi connectivity index (χ0) is 23.4. The molecule has 4 rings (SSSR count). The SMILES string of the molecule is C.CC.CCC1CCCC(C2=CC=CC(c3ccc4c(c3)C(C)(C)CCC4(C)C)=CC2)CC1. The first-order valence-corrected chi connectivity index (χ1v) is 13.5. The Morgan fingerprint density at radius 1 is 0.879 bits per heavy atom. The maximum Gasteiger partial charge on any atom is -0.0100 e. The number of fused-ring (bicyclic) bond motifs is 1. The van der Waals surface area contributed by atoms with Crippen LogP contribution in [0.4, 0.5) is 0 Å². The minimum absolute atomic E-state index is 0. The molecular weight excluding hydrogens is 396 g/mol. The molecule has 0 aromatic heterocycles. The summed E-state index contributed by atoms with van der Waals surface area (Å²) in [5.74, 6) is 1.76. The van der Waals surface area contributed by atoms with Crippen LogP contribution in [0, 0.1) is 11.8 Å². The van der Waals surface area contributed by atoms with Crippen molar-refractivity contribution in [3.8, 4) is 0 Å². The first-order chi connectivity index (χ1) is 15.3. The maximum atomic E-state index is 2.51. The van der Waals surface area contributed by atoms with Gasteiger partial charge in [-0.2, -0.15) is 0 Å². The molecule has 33 heavy (non-hydrogen) atoms. The van der Waals surface area contributed by atoms with Crippen LogP contribution in [0.3, 0.4) is 0 Å². The fourth-order valence-electron chi connectivity index (χ4n) is 6.08. The molecule has 1 aromatic rings. The average molecular weight is 449 g/mol. The molecule has 1 aromatic carbocycles. The molecule has 0 bridgehead atoms. The largest absolute Gasteiger partial charge is 0.0776 e. The number of hydrogen-bond donors (Lipinski definition) is 0. The Kier molecular flexibility index (Phi) is 9.83. The van der Waals surface area contributed by atoms with E-state index in [4.69, 9.17) is 0 Å². The second-order valence-corrected chi connectivity index (χ2v) is 11.5. The molecule has 2 atom stereocenters. The van der Waals surface area contributed by atoms with Crippen LogP contribution in [0.25, 0.3) is 5.57 Å². The van der Waals surface area contributed by atoms with Gasteiger partial charge in [0, 0.05) is 0 Å². The van der Waals surface area contributed by atoms with Gasteiger partial charge in [-0.15, -0.1) is 0 Å². The zero-order valence-corrected chi connectivity index (χ0v) is 22.1. The quantitative estimate of drug-likeness (QED) is 0.403. The monoisotopic (exact) mass is 448 g/mol. The number of allylic oxidation sites excluding steroid dienone is 6. The van der Waals surface area contributed by atoms with Crippen LogP contribution in [0.5, 0.6) is 0 Å². The van der Waals surface area contributed by atoms with Crippen LogP contribution in [-0.4, -0.2) is 0 Å². The second kappa shape index (κ2) is 11.7. The summed E-state index contributed by atoms with van der Waals surface area (Å²) in [7, 11) is 0. The summed E-state index contributed by atoms with van der Waals surface area (Å²) in [4.78, 5) is 0. The normalized spacial score (nSPS) is 25.7. The third kappa shape index (κ3) is 6.32. The maximum absolute atomic E-state index is 2.51. The highest BCUT2D eigenvalue weighted by atomic mass is 14.4. The van der Waals surface area contributed by atoms with Crippen molar-refractivity contribution in [2.75, 3.05) is 0 Å².